The highest BCUT2D eigenvalue weighted by molar-refractivity contribution is 8.23. The molecule has 2 amide bonds. The molecule has 3 rings (SSSR count). The number of aliphatic hydroxyl groups is 1. The molecule has 3 N–H and O–H groups in total. The standard InChI is InChI=1S/C15H21N3O5S2/c1-6(19)9-12(21)18-10(14(22)23)15(25-13(9)18)24-7-4-8(16-5-7)11(20)17(2)3/h6-9,13,16,19H,4-5H2,1-3H3,(H,22,23)/t6-,7-,8-,9+,13-/m1/s1. The van der Waals surface area contributed by atoms with E-state index in [-0.39, 0.29) is 34.2 Å². The zero-order valence-corrected chi connectivity index (χ0v) is 15.8. The van der Waals surface area contributed by atoms with E-state index in [1.165, 1.54) is 33.3 Å². The van der Waals surface area contributed by atoms with E-state index in [1.807, 2.05) is 0 Å². The first-order valence-corrected chi connectivity index (χ1v) is 9.74. The van der Waals surface area contributed by atoms with Gasteiger partial charge in [0.1, 0.15) is 5.37 Å². The quantitative estimate of drug-likeness (QED) is 0.552. The molecule has 10 heteroatoms. The fraction of sp³-hybridized carbons (Fsp3) is 0.667. The van der Waals surface area contributed by atoms with Crippen LogP contribution in [0.15, 0.2) is 9.93 Å². The lowest BCUT2D eigenvalue weighted by Crippen LogP contribution is -2.60. The minimum Gasteiger partial charge on any atom is -0.477 e. The molecule has 0 spiro atoms. The Labute approximate surface area is 154 Å². The molecule has 0 unspecified atom stereocenters. The predicted octanol–water partition coefficient (Wildman–Crippen LogP) is -0.296. The molecule has 0 aromatic rings. The van der Waals surface area contributed by atoms with Crippen molar-refractivity contribution < 1.29 is 24.6 Å². The summed E-state index contributed by atoms with van der Waals surface area (Å²) in [6, 6.07) is -0.267. The number of hydrogen-bond donors (Lipinski definition) is 3. The predicted molar refractivity (Wildman–Crippen MR) is 94.5 cm³/mol. The van der Waals surface area contributed by atoms with Crippen molar-refractivity contribution in [3.8, 4) is 0 Å². The highest BCUT2D eigenvalue weighted by atomic mass is 32.2. The number of carboxylic acid groups (broad SMARTS) is 1. The van der Waals surface area contributed by atoms with Crippen molar-refractivity contribution in [3.05, 3.63) is 9.93 Å². The molecule has 2 fully saturated rings. The Morgan fingerprint density at radius 3 is 2.68 bits per heavy atom. The van der Waals surface area contributed by atoms with E-state index in [0.717, 1.165) is 0 Å². The zero-order valence-electron chi connectivity index (χ0n) is 14.1. The SMILES string of the molecule is C[C@@H](O)[C@H]1C(=O)N2C(C(=O)O)=C(S[C@H]3CN[C@@H](C(=O)N(C)C)C3)S[C@H]12. The summed E-state index contributed by atoms with van der Waals surface area (Å²) in [7, 11) is 3.41. The molecule has 0 radical (unpaired) electrons. The number of carboxylic acids is 1. The molecule has 0 aromatic heterocycles. The second-order valence-electron chi connectivity index (χ2n) is 6.59. The largest absolute Gasteiger partial charge is 0.477 e. The average molecular weight is 387 g/mol. The van der Waals surface area contributed by atoms with E-state index >= 15 is 0 Å². The molecule has 0 saturated carbocycles. The number of aliphatic carboxylic acids is 1. The van der Waals surface area contributed by atoms with Crippen LogP contribution in [-0.2, 0) is 14.4 Å². The van der Waals surface area contributed by atoms with Crippen molar-refractivity contribution in [2.75, 3.05) is 20.6 Å². The maximum absolute atomic E-state index is 12.2. The van der Waals surface area contributed by atoms with Crippen molar-refractivity contribution in [2.45, 2.75) is 36.1 Å². The van der Waals surface area contributed by atoms with Crippen molar-refractivity contribution in [1.82, 2.24) is 15.1 Å². The van der Waals surface area contributed by atoms with E-state index < -0.39 is 18.0 Å². The van der Waals surface area contributed by atoms with Crippen LogP contribution in [0.1, 0.15) is 13.3 Å². The van der Waals surface area contributed by atoms with Gasteiger partial charge in [0.2, 0.25) is 11.8 Å². The summed E-state index contributed by atoms with van der Waals surface area (Å²) >= 11 is 2.72. The van der Waals surface area contributed by atoms with Crippen LogP contribution >= 0.6 is 23.5 Å². The molecule has 3 heterocycles. The van der Waals surface area contributed by atoms with Gasteiger partial charge in [-0.2, -0.15) is 0 Å². The summed E-state index contributed by atoms with van der Waals surface area (Å²) in [4.78, 5) is 38.7. The summed E-state index contributed by atoms with van der Waals surface area (Å²) < 4.78 is 0.582. The number of aliphatic hydroxyl groups excluding tert-OH is 1. The number of carbonyl (C=O) groups is 3. The van der Waals surface area contributed by atoms with E-state index in [0.29, 0.717) is 17.2 Å². The third-order valence-corrected chi connectivity index (χ3v) is 7.40. The van der Waals surface area contributed by atoms with Crippen molar-refractivity contribution in [2.24, 2.45) is 5.92 Å². The number of likely N-dealkylation sites (N-methyl/N-ethyl adjacent to an activating group) is 1. The van der Waals surface area contributed by atoms with Gasteiger partial charge < -0.3 is 20.4 Å². The fourth-order valence-electron chi connectivity index (χ4n) is 3.28. The molecule has 0 aromatic carbocycles. The van der Waals surface area contributed by atoms with Crippen molar-refractivity contribution in [1.29, 1.82) is 0 Å². The average Bonchev–Trinajstić information content (AvgIpc) is 3.09. The molecule has 0 aliphatic carbocycles. The number of carbonyl (C=O) groups excluding carboxylic acids is 2. The Kier molecular flexibility index (Phi) is 5.06. The van der Waals surface area contributed by atoms with E-state index in [2.05, 4.69) is 5.32 Å². The van der Waals surface area contributed by atoms with Gasteiger partial charge in [-0.1, -0.05) is 11.8 Å². The normalized spacial score (nSPS) is 32.5. The molecule has 2 saturated heterocycles. The number of nitrogens with zero attached hydrogens (tertiary/aromatic N) is 2. The number of hydrogen-bond acceptors (Lipinski definition) is 7. The van der Waals surface area contributed by atoms with Crippen LogP contribution in [0.25, 0.3) is 0 Å². The van der Waals surface area contributed by atoms with Crippen molar-refractivity contribution in [3.63, 3.8) is 0 Å². The molecule has 138 valence electrons. The lowest BCUT2D eigenvalue weighted by Gasteiger charge is -2.43. The fourth-order valence-corrected chi connectivity index (χ4v) is 6.59. The molecular formula is C15H21N3O5S2. The number of nitrogens with one attached hydrogen (secondary N) is 1. The van der Waals surface area contributed by atoms with Crippen LogP contribution in [0, 0.1) is 5.92 Å². The molecule has 5 atom stereocenters. The van der Waals surface area contributed by atoms with Crippen molar-refractivity contribution >= 4 is 41.3 Å². The highest BCUT2D eigenvalue weighted by Crippen LogP contribution is 2.54. The molecule has 8 nitrogen and oxygen atoms in total. The van der Waals surface area contributed by atoms with Gasteiger partial charge in [0.25, 0.3) is 0 Å². The second-order valence-corrected chi connectivity index (χ2v) is 9.29. The Hall–Kier alpha value is -1.23. The minimum absolute atomic E-state index is 0.00257. The number of thioether (sulfide) groups is 2. The first-order valence-electron chi connectivity index (χ1n) is 7.99. The van der Waals surface area contributed by atoms with Gasteiger partial charge in [0.05, 0.1) is 22.3 Å². The summed E-state index contributed by atoms with van der Waals surface area (Å²) in [5, 5.41) is 22.1. The van der Waals surface area contributed by atoms with Crippen LogP contribution in [0.3, 0.4) is 0 Å². The number of amides is 2. The third-order valence-electron chi connectivity index (χ3n) is 4.57. The van der Waals surface area contributed by atoms with E-state index in [9.17, 15) is 24.6 Å². The van der Waals surface area contributed by atoms with Crippen LogP contribution in [0.5, 0.6) is 0 Å². The van der Waals surface area contributed by atoms with Gasteiger partial charge in [-0.05, 0) is 13.3 Å². The molecular weight excluding hydrogens is 366 g/mol. The smallest absolute Gasteiger partial charge is 0.354 e. The van der Waals surface area contributed by atoms with Crippen LogP contribution in [0.4, 0.5) is 0 Å². The van der Waals surface area contributed by atoms with E-state index in [4.69, 9.17) is 0 Å². The lowest BCUT2D eigenvalue weighted by molar-refractivity contribution is -0.156. The first kappa shape index (κ1) is 18.6. The molecule has 3 aliphatic heterocycles. The number of fused-ring (bicyclic) bond motifs is 1. The number of rotatable bonds is 5. The first-order chi connectivity index (χ1) is 11.7. The maximum atomic E-state index is 12.2. The highest BCUT2D eigenvalue weighted by Gasteiger charge is 2.58. The summed E-state index contributed by atoms with van der Waals surface area (Å²) in [6.45, 7) is 2.15. The number of β-lactam (4-membered cyclic amide) rings is 1. The molecule has 3 aliphatic rings. The van der Waals surface area contributed by atoms with Gasteiger partial charge >= 0.3 is 5.97 Å². The summed E-state index contributed by atoms with van der Waals surface area (Å²) in [5.74, 6) is -2.04. The minimum atomic E-state index is -1.14. The van der Waals surface area contributed by atoms with Crippen LogP contribution in [-0.4, -0.2) is 81.2 Å². The van der Waals surface area contributed by atoms with Gasteiger partial charge in [-0.3, -0.25) is 14.5 Å². The van der Waals surface area contributed by atoms with Gasteiger partial charge in [0.15, 0.2) is 5.70 Å². The maximum Gasteiger partial charge on any atom is 0.354 e. The third kappa shape index (κ3) is 3.16. The van der Waals surface area contributed by atoms with Crippen LogP contribution < -0.4 is 5.32 Å². The Balaban J connectivity index is 1.71. The monoisotopic (exact) mass is 387 g/mol. The van der Waals surface area contributed by atoms with E-state index in [1.54, 1.807) is 21.0 Å². The van der Waals surface area contributed by atoms with Crippen LogP contribution in [0.2, 0.25) is 0 Å². The lowest BCUT2D eigenvalue weighted by atomic mass is 9.92. The molecule has 25 heavy (non-hydrogen) atoms. The topological polar surface area (TPSA) is 110 Å². The van der Waals surface area contributed by atoms with Gasteiger partial charge in [0, 0.05) is 25.9 Å². The van der Waals surface area contributed by atoms with Gasteiger partial charge in [-0.25, -0.2) is 4.79 Å². The Bertz CT molecular complexity index is 651. The summed E-state index contributed by atoms with van der Waals surface area (Å²) in [6.07, 6.45) is -0.201. The molecule has 0 bridgehead atoms. The second kappa shape index (κ2) is 6.82. The Morgan fingerprint density at radius 2 is 2.12 bits per heavy atom. The Morgan fingerprint density at radius 1 is 1.44 bits per heavy atom. The zero-order chi connectivity index (χ0) is 18.5. The van der Waals surface area contributed by atoms with Gasteiger partial charge in [-0.15, -0.1) is 11.8 Å². The summed E-state index contributed by atoms with van der Waals surface area (Å²) in [5.41, 5.74) is 0.00397.